The van der Waals surface area contributed by atoms with Crippen molar-refractivity contribution in [3.8, 4) is 0 Å². The predicted molar refractivity (Wildman–Crippen MR) is 83.6 cm³/mol. The zero-order chi connectivity index (χ0) is 16.9. The molecule has 4 fully saturated rings. The van der Waals surface area contributed by atoms with Crippen LogP contribution in [0.15, 0.2) is 4.73 Å². The Balaban J connectivity index is 1.62. The maximum absolute atomic E-state index is 13.1. The molecule has 4 nitrogen and oxygen atoms in total. The minimum Gasteiger partial charge on any atom is -0.246 e. The summed E-state index contributed by atoms with van der Waals surface area (Å²) < 4.78 is 39.8. The Kier molecular flexibility index (Phi) is 2.66. The van der Waals surface area contributed by atoms with Crippen molar-refractivity contribution in [3.05, 3.63) is 21.8 Å². The second-order valence-electron chi connectivity index (χ2n) is 7.57. The van der Waals surface area contributed by atoms with Gasteiger partial charge in [-0.05, 0) is 55.0 Å². The second kappa shape index (κ2) is 4.26. The van der Waals surface area contributed by atoms with Crippen LogP contribution >= 0.6 is 15.9 Å². The fourth-order valence-corrected chi connectivity index (χ4v) is 4.82. The number of nitrogens with zero attached hydrogens (tertiary/aromatic N) is 4. The van der Waals surface area contributed by atoms with Gasteiger partial charge in [-0.15, -0.1) is 0 Å². The van der Waals surface area contributed by atoms with Crippen molar-refractivity contribution in [2.75, 3.05) is 0 Å². The Hall–Kier alpha value is -1.31. The number of hydrogen-bond donors (Lipinski definition) is 0. The molecule has 2 bridgehead atoms. The molecule has 0 saturated heterocycles. The molecule has 0 atom stereocenters. The molecule has 4 aliphatic carbocycles. The predicted octanol–water partition coefficient (Wildman–Crippen LogP) is 4.35. The van der Waals surface area contributed by atoms with Crippen molar-refractivity contribution in [1.82, 2.24) is 19.9 Å². The molecule has 24 heavy (non-hydrogen) atoms. The van der Waals surface area contributed by atoms with Crippen LogP contribution in [0.4, 0.5) is 13.2 Å². The molecule has 0 aromatic carbocycles. The van der Waals surface area contributed by atoms with Crippen molar-refractivity contribution in [1.29, 1.82) is 0 Å². The van der Waals surface area contributed by atoms with E-state index in [4.69, 9.17) is 0 Å². The maximum atomic E-state index is 13.1. The van der Waals surface area contributed by atoms with E-state index in [0.717, 1.165) is 24.2 Å². The van der Waals surface area contributed by atoms with Gasteiger partial charge in [0.2, 0.25) is 0 Å². The van der Waals surface area contributed by atoms with Gasteiger partial charge in [-0.1, -0.05) is 0 Å². The fourth-order valence-electron chi connectivity index (χ4n) is 4.47. The highest BCUT2D eigenvalue weighted by Gasteiger charge is 2.79. The number of fused-ring (bicyclic) bond motifs is 1. The lowest BCUT2D eigenvalue weighted by Crippen LogP contribution is -2.70. The molecule has 2 aromatic heterocycles. The highest BCUT2D eigenvalue weighted by molar-refractivity contribution is 9.10. The quantitative estimate of drug-likeness (QED) is 0.705. The molecular formula is C16H14BrF3N4. The largest absolute Gasteiger partial charge is 0.394 e. The molecular weight excluding hydrogens is 385 g/mol. The van der Waals surface area contributed by atoms with Crippen LogP contribution in [-0.4, -0.2) is 26.1 Å². The zero-order valence-corrected chi connectivity index (χ0v) is 14.5. The summed E-state index contributed by atoms with van der Waals surface area (Å²) in [5.74, 6) is 0.447. The minimum absolute atomic E-state index is 0.104. The van der Waals surface area contributed by atoms with Crippen molar-refractivity contribution < 1.29 is 13.2 Å². The standard InChI is InChI=1S/C16H14BrF3N4/c1-7-9(8-2-3-8)22-12-10(21-7)11(23-13(17)24-12)14-4-15(5-14,6-14)16(18,19)20/h8H,2-6H2,1H3. The topological polar surface area (TPSA) is 51.6 Å². The Labute approximate surface area is 144 Å². The summed E-state index contributed by atoms with van der Waals surface area (Å²) in [7, 11) is 0. The fraction of sp³-hybridized carbons (Fsp3) is 0.625. The number of rotatable bonds is 2. The smallest absolute Gasteiger partial charge is 0.246 e. The van der Waals surface area contributed by atoms with Gasteiger partial charge in [-0.3, -0.25) is 0 Å². The van der Waals surface area contributed by atoms with E-state index in [9.17, 15) is 13.2 Å². The molecule has 0 N–H and O–H groups in total. The first kappa shape index (κ1) is 15.0. The van der Waals surface area contributed by atoms with E-state index in [0.29, 0.717) is 27.5 Å². The lowest BCUT2D eigenvalue weighted by molar-refractivity contribution is -0.337. The van der Waals surface area contributed by atoms with Gasteiger partial charge >= 0.3 is 6.18 Å². The Morgan fingerprint density at radius 2 is 1.71 bits per heavy atom. The van der Waals surface area contributed by atoms with E-state index in [1.165, 1.54) is 0 Å². The SMILES string of the molecule is Cc1nc2c(C34CC(C(F)(F)F)(C3)C4)nc(Br)nc2nc1C1CC1. The van der Waals surface area contributed by atoms with Gasteiger partial charge in [0.05, 0.1) is 22.5 Å². The number of halogens is 4. The summed E-state index contributed by atoms with van der Waals surface area (Å²) in [4.78, 5) is 18.0. The van der Waals surface area contributed by atoms with E-state index >= 15 is 0 Å². The third-order valence-electron chi connectivity index (χ3n) is 5.81. The van der Waals surface area contributed by atoms with Gasteiger partial charge in [0.25, 0.3) is 0 Å². The molecule has 6 rings (SSSR count). The normalized spacial score (nSPS) is 31.7. The highest BCUT2D eigenvalue weighted by Crippen LogP contribution is 2.78. The number of alkyl halides is 3. The molecule has 2 aromatic rings. The van der Waals surface area contributed by atoms with Crippen molar-refractivity contribution in [2.45, 2.75) is 56.5 Å². The average molecular weight is 399 g/mol. The minimum atomic E-state index is -4.13. The van der Waals surface area contributed by atoms with Crippen molar-refractivity contribution in [2.24, 2.45) is 5.41 Å². The Bertz CT molecular complexity index is 871. The lowest BCUT2D eigenvalue weighted by atomic mass is 9.34. The summed E-state index contributed by atoms with van der Waals surface area (Å²) in [5, 5.41) is 0. The molecule has 8 heteroatoms. The van der Waals surface area contributed by atoms with Crippen LogP contribution in [0.2, 0.25) is 0 Å². The summed E-state index contributed by atoms with van der Waals surface area (Å²) in [6, 6.07) is 0. The van der Waals surface area contributed by atoms with Crippen LogP contribution in [0, 0.1) is 12.3 Å². The summed E-state index contributed by atoms with van der Waals surface area (Å²) in [6.45, 7) is 1.91. The number of hydrogen-bond acceptors (Lipinski definition) is 4. The zero-order valence-electron chi connectivity index (χ0n) is 12.9. The number of aryl methyl sites for hydroxylation is 1. The van der Waals surface area contributed by atoms with E-state index < -0.39 is 17.0 Å². The van der Waals surface area contributed by atoms with Gasteiger partial charge in [-0.25, -0.2) is 19.9 Å². The average Bonchev–Trinajstić information content (AvgIpc) is 3.18. The molecule has 4 saturated carbocycles. The van der Waals surface area contributed by atoms with Gasteiger partial charge in [0.1, 0.15) is 5.52 Å². The molecule has 4 aliphatic rings. The van der Waals surface area contributed by atoms with Crippen LogP contribution in [-0.2, 0) is 5.41 Å². The molecule has 0 radical (unpaired) electrons. The molecule has 126 valence electrons. The first-order chi connectivity index (χ1) is 11.2. The van der Waals surface area contributed by atoms with Gasteiger partial charge < -0.3 is 0 Å². The van der Waals surface area contributed by atoms with Crippen LogP contribution < -0.4 is 0 Å². The summed E-state index contributed by atoms with van der Waals surface area (Å²) in [5.41, 5.74) is 1.47. The molecule has 0 spiro atoms. The molecule has 0 amide bonds. The van der Waals surface area contributed by atoms with Crippen molar-refractivity contribution >= 4 is 27.1 Å². The van der Waals surface area contributed by atoms with E-state index in [-0.39, 0.29) is 19.3 Å². The molecule has 0 unspecified atom stereocenters. The summed E-state index contributed by atoms with van der Waals surface area (Å²) in [6.07, 6.45) is -1.60. The van der Waals surface area contributed by atoms with Crippen LogP contribution in [0.25, 0.3) is 11.2 Å². The Morgan fingerprint density at radius 3 is 2.29 bits per heavy atom. The Morgan fingerprint density at radius 1 is 1.04 bits per heavy atom. The second-order valence-corrected chi connectivity index (χ2v) is 8.28. The molecule has 0 aliphatic heterocycles. The van der Waals surface area contributed by atoms with E-state index in [2.05, 4.69) is 35.9 Å². The van der Waals surface area contributed by atoms with Crippen molar-refractivity contribution in [3.63, 3.8) is 0 Å². The van der Waals surface area contributed by atoms with Gasteiger partial charge in [-0.2, -0.15) is 13.2 Å². The molecule has 2 heterocycles. The first-order valence-corrected chi connectivity index (χ1v) is 8.81. The monoisotopic (exact) mass is 398 g/mol. The van der Waals surface area contributed by atoms with Gasteiger partial charge in [0.15, 0.2) is 10.4 Å². The highest BCUT2D eigenvalue weighted by atomic mass is 79.9. The van der Waals surface area contributed by atoms with E-state index in [1.54, 1.807) is 0 Å². The number of aromatic nitrogens is 4. The van der Waals surface area contributed by atoms with Gasteiger partial charge in [0, 0.05) is 11.3 Å². The van der Waals surface area contributed by atoms with Crippen LogP contribution in [0.5, 0.6) is 0 Å². The van der Waals surface area contributed by atoms with Crippen LogP contribution in [0.1, 0.15) is 55.1 Å². The van der Waals surface area contributed by atoms with Crippen LogP contribution in [0.3, 0.4) is 0 Å². The third kappa shape index (κ3) is 1.80. The first-order valence-electron chi connectivity index (χ1n) is 8.02. The van der Waals surface area contributed by atoms with E-state index in [1.807, 2.05) is 6.92 Å². The maximum Gasteiger partial charge on any atom is 0.394 e. The lowest BCUT2D eigenvalue weighted by Gasteiger charge is -2.70. The summed E-state index contributed by atoms with van der Waals surface area (Å²) >= 11 is 3.28. The third-order valence-corrected chi connectivity index (χ3v) is 6.17.